The zero-order chi connectivity index (χ0) is 21.0. The lowest BCUT2D eigenvalue weighted by Gasteiger charge is -2.10. The van der Waals surface area contributed by atoms with Crippen LogP contribution in [0.4, 0.5) is 14.5 Å². The highest BCUT2D eigenvalue weighted by Crippen LogP contribution is 2.23. The molecule has 0 unspecified atom stereocenters. The molecule has 9 heteroatoms. The number of anilines is 1. The number of sulfonamides is 1. The summed E-state index contributed by atoms with van der Waals surface area (Å²) in [4.78, 5) is 8.37. The van der Waals surface area contributed by atoms with Crippen molar-refractivity contribution in [1.82, 2.24) is 9.97 Å². The summed E-state index contributed by atoms with van der Waals surface area (Å²) in [7, 11) is -4.08. The normalized spacial score (nSPS) is 11.6. The molecule has 1 heterocycles. The average Bonchev–Trinajstić information content (AvgIpc) is 2.69. The van der Waals surface area contributed by atoms with Crippen molar-refractivity contribution in [2.24, 2.45) is 0 Å². The van der Waals surface area contributed by atoms with Gasteiger partial charge in [-0.2, -0.15) is 0 Å². The van der Waals surface area contributed by atoms with Crippen LogP contribution in [-0.2, 0) is 21.4 Å². The van der Waals surface area contributed by atoms with Crippen LogP contribution in [0, 0.1) is 11.6 Å². The standard InChI is InChI=1S/C20H19F2N3O3S/c1-13(2)28-12-20-23-10-15(11-24-20)14-3-6-17(7-4-14)29(26,27)25-19-9-16(21)5-8-18(19)22/h3-11,13,25H,12H2,1-2H3. The molecule has 0 atom stereocenters. The molecule has 1 aromatic heterocycles. The molecule has 3 rings (SSSR count). The summed E-state index contributed by atoms with van der Waals surface area (Å²) in [6.45, 7) is 4.14. The number of nitrogens with zero attached hydrogens (tertiary/aromatic N) is 2. The van der Waals surface area contributed by atoms with Crippen LogP contribution in [0.25, 0.3) is 11.1 Å². The lowest BCUT2D eigenvalue weighted by atomic mass is 10.1. The van der Waals surface area contributed by atoms with Crippen molar-refractivity contribution >= 4 is 15.7 Å². The highest BCUT2D eigenvalue weighted by atomic mass is 32.2. The van der Waals surface area contributed by atoms with E-state index in [1.54, 1.807) is 24.5 Å². The van der Waals surface area contributed by atoms with E-state index in [1.807, 2.05) is 13.8 Å². The number of hydrogen-bond donors (Lipinski definition) is 1. The fourth-order valence-electron chi connectivity index (χ4n) is 2.43. The highest BCUT2D eigenvalue weighted by Gasteiger charge is 2.17. The SMILES string of the molecule is CC(C)OCc1ncc(-c2ccc(S(=O)(=O)Nc3cc(F)ccc3F)cc2)cn1. The van der Waals surface area contributed by atoms with Gasteiger partial charge in [-0.25, -0.2) is 27.2 Å². The summed E-state index contributed by atoms with van der Waals surface area (Å²) in [6, 6.07) is 8.44. The van der Waals surface area contributed by atoms with Crippen LogP contribution in [0.1, 0.15) is 19.7 Å². The summed E-state index contributed by atoms with van der Waals surface area (Å²) in [5.41, 5.74) is 0.949. The third kappa shape index (κ3) is 5.33. The van der Waals surface area contributed by atoms with Gasteiger partial charge in [0, 0.05) is 24.0 Å². The Morgan fingerprint density at radius 1 is 1.00 bits per heavy atom. The fraction of sp³-hybridized carbons (Fsp3) is 0.200. The molecule has 0 amide bonds. The van der Waals surface area contributed by atoms with Gasteiger partial charge in [0.25, 0.3) is 10.0 Å². The molecule has 2 aromatic carbocycles. The van der Waals surface area contributed by atoms with Gasteiger partial charge in [0.1, 0.15) is 18.2 Å². The van der Waals surface area contributed by atoms with Crippen molar-refractivity contribution < 1.29 is 21.9 Å². The molecule has 1 N–H and O–H groups in total. The Balaban J connectivity index is 1.76. The Hall–Kier alpha value is -2.91. The molecule has 0 spiro atoms. The fourth-order valence-corrected chi connectivity index (χ4v) is 3.48. The smallest absolute Gasteiger partial charge is 0.261 e. The molecule has 0 fully saturated rings. The van der Waals surface area contributed by atoms with Crippen molar-refractivity contribution in [3.05, 3.63) is 72.3 Å². The summed E-state index contributed by atoms with van der Waals surface area (Å²) >= 11 is 0. The van der Waals surface area contributed by atoms with Gasteiger partial charge >= 0.3 is 0 Å². The van der Waals surface area contributed by atoms with Gasteiger partial charge < -0.3 is 4.74 Å². The van der Waals surface area contributed by atoms with Gasteiger partial charge in [0.15, 0.2) is 5.82 Å². The third-order valence-electron chi connectivity index (χ3n) is 3.92. The van der Waals surface area contributed by atoms with Crippen LogP contribution in [0.2, 0.25) is 0 Å². The van der Waals surface area contributed by atoms with Crippen molar-refractivity contribution in [2.45, 2.75) is 31.5 Å². The van der Waals surface area contributed by atoms with Gasteiger partial charge in [-0.1, -0.05) is 12.1 Å². The first-order valence-electron chi connectivity index (χ1n) is 8.75. The lowest BCUT2D eigenvalue weighted by Crippen LogP contribution is -2.14. The third-order valence-corrected chi connectivity index (χ3v) is 5.30. The second-order valence-corrected chi connectivity index (χ2v) is 8.18. The first-order valence-corrected chi connectivity index (χ1v) is 10.2. The monoisotopic (exact) mass is 419 g/mol. The molecule has 0 saturated carbocycles. The van der Waals surface area contributed by atoms with Crippen LogP contribution in [-0.4, -0.2) is 24.5 Å². The average molecular weight is 419 g/mol. The molecule has 0 aliphatic heterocycles. The molecule has 0 aliphatic rings. The van der Waals surface area contributed by atoms with Crippen LogP contribution in [0.3, 0.4) is 0 Å². The zero-order valence-electron chi connectivity index (χ0n) is 15.8. The molecule has 6 nitrogen and oxygen atoms in total. The molecule has 0 radical (unpaired) electrons. The minimum absolute atomic E-state index is 0.0715. The van der Waals surface area contributed by atoms with Gasteiger partial charge in [-0.3, -0.25) is 4.72 Å². The summed E-state index contributed by atoms with van der Waals surface area (Å²) in [5, 5.41) is 0. The minimum Gasteiger partial charge on any atom is -0.371 e. The summed E-state index contributed by atoms with van der Waals surface area (Å²) < 4.78 is 59.4. The van der Waals surface area contributed by atoms with Gasteiger partial charge in [-0.15, -0.1) is 0 Å². The second-order valence-electron chi connectivity index (χ2n) is 6.50. The quantitative estimate of drug-likeness (QED) is 0.622. The minimum atomic E-state index is -4.08. The molecule has 0 bridgehead atoms. The van der Waals surface area contributed by atoms with Gasteiger partial charge in [-0.05, 0) is 43.7 Å². The van der Waals surface area contributed by atoms with E-state index in [4.69, 9.17) is 4.74 Å². The molecule has 29 heavy (non-hydrogen) atoms. The molecule has 0 saturated heterocycles. The van der Waals surface area contributed by atoms with Crippen LogP contribution in [0.15, 0.2) is 59.8 Å². The lowest BCUT2D eigenvalue weighted by molar-refractivity contribution is 0.0613. The number of halogens is 2. The van der Waals surface area contributed by atoms with E-state index in [9.17, 15) is 17.2 Å². The second kappa shape index (κ2) is 8.62. The Morgan fingerprint density at radius 3 is 2.28 bits per heavy atom. The molecule has 152 valence electrons. The van der Waals surface area contributed by atoms with Crippen LogP contribution in [0.5, 0.6) is 0 Å². The van der Waals surface area contributed by atoms with Gasteiger partial charge in [0.2, 0.25) is 0 Å². The topological polar surface area (TPSA) is 81.2 Å². The molecular formula is C20H19F2N3O3S. The van der Waals surface area contributed by atoms with Crippen molar-refractivity contribution in [3.63, 3.8) is 0 Å². The zero-order valence-corrected chi connectivity index (χ0v) is 16.6. The predicted octanol–water partition coefficient (Wildman–Crippen LogP) is 4.15. The maximum Gasteiger partial charge on any atom is 0.261 e. The van der Waals surface area contributed by atoms with E-state index in [0.29, 0.717) is 23.6 Å². The maximum absolute atomic E-state index is 13.7. The van der Waals surface area contributed by atoms with E-state index in [1.165, 1.54) is 12.1 Å². The first kappa shape index (κ1) is 20.8. The number of nitrogens with one attached hydrogen (secondary N) is 1. The molecular weight excluding hydrogens is 400 g/mol. The van der Waals surface area contributed by atoms with E-state index in [0.717, 1.165) is 18.2 Å². The molecule has 0 aliphatic carbocycles. The summed E-state index contributed by atoms with van der Waals surface area (Å²) in [5.74, 6) is -1.07. The van der Waals surface area contributed by atoms with Crippen molar-refractivity contribution in [3.8, 4) is 11.1 Å². The number of aromatic nitrogens is 2. The van der Waals surface area contributed by atoms with Gasteiger partial charge in [0.05, 0.1) is 16.7 Å². The number of benzene rings is 2. The van der Waals surface area contributed by atoms with E-state index >= 15 is 0 Å². The number of ether oxygens (including phenoxy) is 1. The van der Waals surface area contributed by atoms with E-state index in [2.05, 4.69) is 14.7 Å². The largest absolute Gasteiger partial charge is 0.371 e. The number of hydrogen-bond acceptors (Lipinski definition) is 5. The summed E-state index contributed by atoms with van der Waals surface area (Å²) in [6.07, 6.45) is 3.31. The van der Waals surface area contributed by atoms with Crippen molar-refractivity contribution in [1.29, 1.82) is 0 Å². The van der Waals surface area contributed by atoms with E-state index in [-0.39, 0.29) is 11.0 Å². The molecule has 3 aromatic rings. The van der Waals surface area contributed by atoms with Crippen molar-refractivity contribution in [2.75, 3.05) is 4.72 Å². The van der Waals surface area contributed by atoms with Crippen LogP contribution < -0.4 is 4.72 Å². The number of rotatable bonds is 7. The van der Waals surface area contributed by atoms with E-state index < -0.39 is 27.3 Å². The predicted molar refractivity (Wildman–Crippen MR) is 105 cm³/mol. The Labute approximate surface area is 167 Å². The Kier molecular flexibility index (Phi) is 6.19. The Bertz CT molecular complexity index is 1090. The maximum atomic E-state index is 13.7. The highest BCUT2D eigenvalue weighted by molar-refractivity contribution is 7.92. The van der Waals surface area contributed by atoms with Crippen LogP contribution >= 0.6 is 0 Å². The first-order chi connectivity index (χ1) is 13.7. The Morgan fingerprint density at radius 2 is 1.66 bits per heavy atom.